The maximum atomic E-state index is 6.56. The van der Waals surface area contributed by atoms with Crippen molar-refractivity contribution < 1.29 is 0 Å². The summed E-state index contributed by atoms with van der Waals surface area (Å²) < 4.78 is 2.31. The van der Waals surface area contributed by atoms with Crippen LogP contribution in [0.5, 0.6) is 0 Å². The van der Waals surface area contributed by atoms with Crippen molar-refractivity contribution >= 4 is 31.9 Å². The van der Waals surface area contributed by atoms with Crippen LogP contribution in [0.2, 0.25) is 0 Å². The van der Waals surface area contributed by atoms with E-state index in [-0.39, 0.29) is 6.04 Å². The van der Waals surface area contributed by atoms with Crippen LogP contribution >= 0.6 is 31.9 Å². The molecule has 0 aliphatic heterocycles. The molecule has 0 bridgehead atoms. The fraction of sp³-hybridized carbons (Fsp3) is 0.625. The summed E-state index contributed by atoms with van der Waals surface area (Å²) in [6.07, 6.45) is 9.38. The zero-order chi connectivity index (χ0) is 13.8. The van der Waals surface area contributed by atoms with E-state index < -0.39 is 0 Å². The summed E-state index contributed by atoms with van der Waals surface area (Å²) >= 11 is 7.31. The molecule has 1 atom stereocenters. The predicted molar refractivity (Wildman–Crippen MR) is 89.3 cm³/mol. The van der Waals surface area contributed by atoms with Gasteiger partial charge in [0.1, 0.15) is 0 Å². The molecule has 0 aromatic heterocycles. The second-order valence-electron chi connectivity index (χ2n) is 5.75. The SMILES string of the molecule is Cc1cc(Br)c(C(N)C2CCCCCCC2)cc1Br. The van der Waals surface area contributed by atoms with E-state index in [1.54, 1.807) is 0 Å². The lowest BCUT2D eigenvalue weighted by Crippen LogP contribution is -2.23. The summed E-state index contributed by atoms with van der Waals surface area (Å²) in [5, 5.41) is 0. The van der Waals surface area contributed by atoms with E-state index in [4.69, 9.17) is 5.73 Å². The molecule has 1 saturated carbocycles. The van der Waals surface area contributed by atoms with Crippen LogP contribution in [0.15, 0.2) is 21.1 Å². The number of hydrogen-bond acceptors (Lipinski definition) is 1. The van der Waals surface area contributed by atoms with Gasteiger partial charge < -0.3 is 5.73 Å². The molecule has 1 nitrogen and oxygen atoms in total. The van der Waals surface area contributed by atoms with Crippen molar-refractivity contribution in [2.75, 3.05) is 0 Å². The summed E-state index contributed by atoms with van der Waals surface area (Å²) in [6.45, 7) is 2.11. The minimum absolute atomic E-state index is 0.157. The molecule has 1 aromatic carbocycles. The third-order valence-corrected chi connectivity index (χ3v) is 5.84. The van der Waals surface area contributed by atoms with Gasteiger partial charge in [-0.05, 0) is 48.9 Å². The average molecular weight is 389 g/mol. The molecule has 0 spiro atoms. The summed E-state index contributed by atoms with van der Waals surface area (Å²) in [5.74, 6) is 0.631. The van der Waals surface area contributed by atoms with Gasteiger partial charge in [0.05, 0.1) is 0 Å². The summed E-state index contributed by atoms with van der Waals surface area (Å²) in [6, 6.07) is 4.52. The second kappa shape index (κ2) is 7.24. The van der Waals surface area contributed by atoms with Crippen LogP contribution in [0, 0.1) is 12.8 Å². The highest BCUT2D eigenvalue weighted by Crippen LogP contribution is 2.36. The molecular weight excluding hydrogens is 366 g/mol. The van der Waals surface area contributed by atoms with E-state index in [9.17, 15) is 0 Å². The summed E-state index contributed by atoms with van der Waals surface area (Å²) in [5.41, 5.74) is 9.06. The Kier molecular flexibility index (Phi) is 5.91. The Morgan fingerprint density at radius 1 is 1.00 bits per heavy atom. The van der Waals surface area contributed by atoms with Crippen molar-refractivity contribution in [1.82, 2.24) is 0 Å². The van der Waals surface area contributed by atoms with E-state index in [1.807, 2.05) is 0 Å². The standard InChI is InChI=1S/C16H23Br2N/c1-11-9-15(18)13(10-14(11)17)16(19)12-7-5-3-2-4-6-8-12/h9-10,12,16H,2-8,19H2,1H3. The number of benzene rings is 1. The lowest BCUT2D eigenvalue weighted by Gasteiger charge is -2.27. The molecule has 2 rings (SSSR count). The van der Waals surface area contributed by atoms with Crippen LogP contribution in [-0.2, 0) is 0 Å². The molecule has 1 aromatic rings. The van der Waals surface area contributed by atoms with Crippen LogP contribution < -0.4 is 5.73 Å². The van der Waals surface area contributed by atoms with Crippen molar-refractivity contribution in [3.05, 3.63) is 32.2 Å². The molecule has 1 aliphatic carbocycles. The molecule has 0 amide bonds. The van der Waals surface area contributed by atoms with Crippen LogP contribution in [0.3, 0.4) is 0 Å². The van der Waals surface area contributed by atoms with Crippen molar-refractivity contribution in [3.8, 4) is 0 Å². The second-order valence-corrected chi connectivity index (χ2v) is 7.46. The highest BCUT2D eigenvalue weighted by atomic mass is 79.9. The number of halogens is 2. The zero-order valence-electron chi connectivity index (χ0n) is 11.6. The Morgan fingerprint density at radius 2 is 1.58 bits per heavy atom. The fourth-order valence-electron chi connectivity index (χ4n) is 3.02. The third-order valence-electron chi connectivity index (χ3n) is 4.29. The van der Waals surface area contributed by atoms with Gasteiger partial charge in [-0.15, -0.1) is 0 Å². The highest BCUT2D eigenvalue weighted by Gasteiger charge is 2.22. The molecule has 0 radical (unpaired) electrons. The van der Waals surface area contributed by atoms with Gasteiger partial charge in [-0.2, -0.15) is 0 Å². The van der Waals surface area contributed by atoms with Crippen LogP contribution in [-0.4, -0.2) is 0 Å². The Labute approximate surface area is 133 Å². The van der Waals surface area contributed by atoms with Gasteiger partial charge in [0.25, 0.3) is 0 Å². The number of hydrogen-bond donors (Lipinski definition) is 1. The van der Waals surface area contributed by atoms with E-state index in [1.165, 1.54) is 56.1 Å². The van der Waals surface area contributed by atoms with Gasteiger partial charge >= 0.3 is 0 Å². The maximum absolute atomic E-state index is 6.56. The Balaban J connectivity index is 2.17. The van der Waals surface area contributed by atoms with Gasteiger partial charge in [0.15, 0.2) is 0 Å². The van der Waals surface area contributed by atoms with Crippen molar-refractivity contribution in [1.29, 1.82) is 0 Å². The van der Waals surface area contributed by atoms with Crippen LogP contribution in [0.25, 0.3) is 0 Å². The van der Waals surface area contributed by atoms with E-state index in [0.717, 1.165) is 8.95 Å². The number of rotatable bonds is 2. The Bertz CT molecular complexity index is 423. The maximum Gasteiger partial charge on any atom is 0.0335 e. The highest BCUT2D eigenvalue weighted by molar-refractivity contribution is 9.11. The lowest BCUT2D eigenvalue weighted by atomic mass is 9.83. The number of aryl methyl sites for hydroxylation is 1. The van der Waals surface area contributed by atoms with Gasteiger partial charge in [0, 0.05) is 15.0 Å². The molecule has 1 fully saturated rings. The molecule has 106 valence electrons. The van der Waals surface area contributed by atoms with Crippen LogP contribution in [0.1, 0.15) is 62.1 Å². The minimum atomic E-state index is 0.157. The van der Waals surface area contributed by atoms with Gasteiger partial charge in [0.2, 0.25) is 0 Å². The Morgan fingerprint density at radius 3 is 2.21 bits per heavy atom. The lowest BCUT2D eigenvalue weighted by molar-refractivity contribution is 0.327. The van der Waals surface area contributed by atoms with Crippen molar-refractivity contribution in [2.24, 2.45) is 11.7 Å². The molecule has 0 heterocycles. The molecule has 2 N–H and O–H groups in total. The Hall–Kier alpha value is 0.140. The third kappa shape index (κ3) is 4.05. The molecule has 3 heteroatoms. The van der Waals surface area contributed by atoms with Crippen LogP contribution in [0.4, 0.5) is 0 Å². The van der Waals surface area contributed by atoms with Crippen molar-refractivity contribution in [3.63, 3.8) is 0 Å². The summed E-state index contributed by atoms with van der Waals surface area (Å²) in [4.78, 5) is 0. The fourth-order valence-corrected chi connectivity index (χ4v) is 4.10. The quantitative estimate of drug-likeness (QED) is 0.672. The molecule has 1 aliphatic rings. The van der Waals surface area contributed by atoms with E-state index >= 15 is 0 Å². The first kappa shape index (κ1) is 15.5. The molecule has 1 unspecified atom stereocenters. The topological polar surface area (TPSA) is 26.0 Å². The minimum Gasteiger partial charge on any atom is -0.324 e. The monoisotopic (exact) mass is 387 g/mol. The largest absolute Gasteiger partial charge is 0.324 e. The molecule has 19 heavy (non-hydrogen) atoms. The average Bonchev–Trinajstić information content (AvgIpc) is 2.32. The first-order valence-electron chi connectivity index (χ1n) is 7.30. The van der Waals surface area contributed by atoms with Gasteiger partial charge in [-0.3, -0.25) is 0 Å². The van der Waals surface area contributed by atoms with Crippen molar-refractivity contribution in [2.45, 2.75) is 57.9 Å². The first-order valence-corrected chi connectivity index (χ1v) is 8.89. The molecule has 0 saturated heterocycles. The zero-order valence-corrected chi connectivity index (χ0v) is 14.8. The van der Waals surface area contributed by atoms with E-state index in [0.29, 0.717) is 5.92 Å². The van der Waals surface area contributed by atoms with Gasteiger partial charge in [-0.25, -0.2) is 0 Å². The van der Waals surface area contributed by atoms with E-state index in [2.05, 4.69) is 50.9 Å². The first-order chi connectivity index (χ1) is 9.09. The number of nitrogens with two attached hydrogens (primary N) is 1. The summed E-state index contributed by atoms with van der Waals surface area (Å²) in [7, 11) is 0. The molecular formula is C16H23Br2N. The smallest absolute Gasteiger partial charge is 0.0335 e. The predicted octanol–water partition coefficient (Wildman–Crippen LogP) is 5.88. The van der Waals surface area contributed by atoms with Gasteiger partial charge in [-0.1, -0.05) is 64.0 Å². The normalized spacial score (nSPS) is 19.8.